The molecule has 2 N–H and O–H groups in total. The zero-order valence-corrected chi connectivity index (χ0v) is 14.5. The molecule has 5 heteroatoms. The average molecular weight is 333 g/mol. The fraction of sp³-hybridized carbons (Fsp3) is 0.350. The molecule has 0 saturated carbocycles. The first kappa shape index (κ1) is 17.0. The van der Waals surface area contributed by atoms with Crippen molar-refractivity contribution in [3.8, 4) is 6.07 Å². The monoisotopic (exact) mass is 333 g/mol. The van der Waals surface area contributed by atoms with Crippen LogP contribution in [-0.2, 0) is 0 Å². The Morgan fingerprint density at radius 1 is 1.20 bits per heavy atom. The number of benzene rings is 1. The maximum atomic E-state index is 9.20. The third-order valence-corrected chi connectivity index (χ3v) is 4.29. The van der Waals surface area contributed by atoms with Crippen molar-refractivity contribution in [1.82, 2.24) is 9.97 Å². The second-order valence-corrected chi connectivity index (χ2v) is 6.29. The number of aryl methyl sites for hydroxylation is 1. The van der Waals surface area contributed by atoms with E-state index in [4.69, 9.17) is 0 Å². The summed E-state index contributed by atoms with van der Waals surface area (Å²) in [6, 6.07) is 11.5. The van der Waals surface area contributed by atoms with Crippen molar-refractivity contribution in [2.75, 3.05) is 17.2 Å². The molecule has 1 aliphatic carbocycles. The first-order valence-corrected chi connectivity index (χ1v) is 8.78. The Morgan fingerprint density at radius 3 is 2.88 bits per heavy atom. The SMILES string of the molecule is Cc1cc(NCCC2=CCCCC2)nc(Nc2ccccc2C#N)n1. The van der Waals surface area contributed by atoms with Crippen LogP contribution in [0.5, 0.6) is 0 Å². The second kappa shape index (κ2) is 8.29. The van der Waals surface area contributed by atoms with E-state index in [0.717, 1.165) is 24.5 Å². The van der Waals surface area contributed by atoms with Gasteiger partial charge >= 0.3 is 0 Å². The molecule has 1 aliphatic rings. The lowest BCUT2D eigenvalue weighted by atomic mass is 9.97. The molecule has 0 aliphatic heterocycles. The average Bonchev–Trinajstić information content (AvgIpc) is 2.63. The molecule has 0 radical (unpaired) electrons. The molecule has 0 atom stereocenters. The van der Waals surface area contributed by atoms with E-state index >= 15 is 0 Å². The predicted molar refractivity (Wildman–Crippen MR) is 101 cm³/mol. The lowest BCUT2D eigenvalue weighted by Gasteiger charge is -2.14. The van der Waals surface area contributed by atoms with E-state index in [9.17, 15) is 5.26 Å². The van der Waals surface area contributed by atoms with Gasteiger partial charge in [0.1, 0.15) is 11.9 Å². The number of nitriles is 1. The Kier molecular flexibility index (Phi) is 5.63. The van der Waals surface area contributed by atoms with Crippen molar-refractivity contribution < 1.29 is 0 Å². The first-order chi connectivity index (χ1) is 12.2. The minimum atomic E-state index is 0.502. The zero-order valence-electron chi connectivity index (χ0n) is 14.5. The van der Waals surface area contributed by atoms with Gasteiger partial charge in [-0.1, -0.05) is 23.8 Å². The molecule has 3 rings (SSSR count). The van der Waals surface area contributed by atoms with E-state index in [0.29, 0.717) is 17.2 Å². The number of aromatic nitrogens is 2. The smallest absolute Gasteiger partial charge is 0.229 e. The van der Waals surface area contributed by atoms with Gasteiger partial charge in [0.2, 0.25) is 5.95 Å². The maximum Gasteiger partial charge on any atom is 0.229 e. The zero-order chi connectivity index (χ0) is 17.5. The van der Waals surface area contributed by atoms with Crippen LogP contribution in [0.2, 0.25) is 0 Å². The van der Waals surface area contributed by atoms with E-state index in [2.05, 4.69) is 32.7 Å². The molecule has 0 amide bonds. The van der Waals surface area contributed by atoms with Gasteiger partial charge < -0.3 is 10.6 Å². The molecule has 0 bridgehead atoms. The van der Waals surface area contributed by atoms with Gasteiger partial charge in [0.05, 0.1) is 11.3 Å². The van der Waals surface area contributed by atoms with Crippen molar-refractivity contribution in [3.63, 3.8) is 0 Å². The van der Waals surface area contributed by atoms with Crippen LogP contribution < -0.4 is 10.6 Å². The van der Waals surface area contributed by atoms with Crippen molar-refractivity contribution in [3.05, 3.63) is 53.2 Å². The summed E-state index contributed by atoms with van der Waals surface area (Å²) in [7, 11) is 0. The van der Waals surface area contributed by atoms with E-state index in [1.807, 2.05) is 31.2 Å². The van der Waals surface area contributed by atoms with Crippen LogP contribution in [0.3, 0.4) is 0 Å². The largest absolute Gasteiger partial charge is 0.370 e. The normalized spacial score (nSPS) is 13.7. The van der Waals surface area contributed by atoms with Crippen LogP contribution in [0.25, 0.3) is 0 Å². The third-order valence-electron chi connectivity index (χ3n) is 4.29. The molecule has 0 fully saturated rings. The van der Waals surface area contributed by atoms with Crippen LogP contribution in [-0.4, -0.2) is 16.5 Å². The second-order valence-electron chi connectivity index (χ2n) is 6.29. The van der Waals surface area contributed by atoms with E-state index in [-0.39, 0.29) is 0 Å². The summed E-state index contributed by atoms with van der Waals surface area (Å²) in [6.45, 7) is 2.81. The number of allylic oxidation sites excluding steroid dienone is 1. The summed E-state index contributed by atoms with van der Waals surface area (Å²) in [5.41, 5.74) is 3.72. The summed E-state index contributed by atoms with van der Waals surface area (Å²) in [4.78, 5) is 8.94. The molecule has 1 aromatic heterocycles. The number of nitrogens with one attached hydrogen (secondary N) is 2. The topological polar surface area (TPSA) is 73.6 Å². The number of para-hydroxylation sites is 1. The Hall–Kier alpha value is -2.87. The molecule has 0 saturated heterocycles. The van der Waals surface area contributed by atoms with Gasteiger partial charge in [-0.25, -0.2) is 4.98 Å². The minimum Gasteiger partial charge on any atom is -0.370 e. The lowest BCUT2D eigenvalue weighted by molar-refractivity contribution is 0.679. The third kappa shape index (κ3) is 4.80. The van der Waals surface area contributed by atoms with Crippen LogP contribution in [0.1, 0.15) is 43.4 Å². The first-order valence-electron chi connectivity index (χ1n) is 8.78. The molecule has 1 heterocycles. The van der Waals surface area contributed by atoms with E-state index in [1.54, 1.807) is 11.6 Å². The standard InChI is InChI=1S/C20H23N5/c1-15-13-19(22-12-11-16-7-3-2-4-8-16)25-20(23-15)24-18-10-6-5-9-17(18)14-21/h5-7,9-10,13H,2-4,8,11-12H2,1H3,(H2,22,23,24,25). The van der Waals surface area contributed by atoms with Crippen LogP contribution >= 0.6 is 0 Å². The van der Waals surface area contributed by atoms with Crippen molar-refractivity contribution >= 4 is 17.5 Å². The van der Waals surface area contributed by atoms with Crippen molar-refractivity contribution in [2.24, 2.45) is 0 Å². The fourth-order valence-electron chi connectivity index (χ4n) is 3.01. The van der Waals surface area contributed by atoms with Crippen LogP contribution in [0, 0.1) is 18.3 Å². The van der Waals surface area contributed by atoms with Gasteiger partial charge in [-0.05, 0) is 51.2 Å². The Labute approximate surface area is 148 Å². The lowest BCUT2D eigenvalue weighted by Crippen LogP contribution is -2.08. The summed E-state index contributed by atoms with van der Waals surface area (Å²) in [5, 5.41) is 15.7. The maximum absolute atomic E-state index is 9.20. The quantitative estimate of drug-likeness (QED) is 0.749. The molecule has 25 heavy (non-hydrogen) atoms. The van der Waals surface area contributed by atoms with E-state index in [1.165, 1.54) is 25.7 Å². The van der Waals surface area contributed by atoms with Gasteiger partial charge in [0, 0.05) is 18.3 Å². The Morgan fingerprint density at radius 2 is 2.08 bits per heavy atom. The highest BCUT2D eigenvalue weighted by Gasteiger charge is 2.07. The van der Waals surface area contributed by atoms with Crippen molar-refractivity contribution in [2.45, 2.75) is 39.0 Å². The van der Waals surface area contributed by atoms with Gasteiger partial charge in [-0.15, -0.1) is 0 Å². The molecule has 2 aromatic rings. The molecule has 0 spiro atoms. The number of hydrogen-bond donors (Lipinski definition) is 2. The minimum absolute atomic E-state index is 0.502. The summed E-state index contributed by atoms with van der Waals surface area (Å²) in [6.07, 6.45) is 8.51. The number of rotatable bonds is 6. The summed E-state index contributed by atoms with van der Waals surface area (Å²) in [5.74, 6) is 1.31. The fourth-order valence-corrected chi connectivity index (χ4v) is 3.01. The van der Waals surface area contributed by atoms with E-state index < -0.39 is 0 Å². The van der Waals surface area contributed by atoms with Gasteiger partial charge in [-0.3, -0.25) is 0 Å². The molecule has 0 unspecified atom stereocenters. The Bertz CT molecular complexity index is 804. The highest BCUT2D eigenvalue weighted by Crippen LogP contribution is 2.21. The number of nitrogens with zero attached hydrogens (tertiary/aromatic N) is 3. The summed E-state index contributed by atoms with van der Waals surface area (Å²) >= 11 is 0. The highest BCUT2D eigenvalue weighted by atomic mass is 15.1. The molecule has 128 valence electrons. The molecular weight excluding hydrogens is 310 g/mol. The van der Waals surface area contributed by atoms with Crippen molar-refractivity contribution in [1.29, 1.82) is 5.26 Å². The predicted octanol–water partition coefficient (Wildman–Crippen LogP) is 4.70. The number of anilines is 3. The molecule has 1 aromatic carbocycles. The van der Waals surface area contributed by atoms with Crippen LogP contribution in [0.4, 0.5) is 17.5 Å². The van der Waals surface area contributed by atoms with Gasteiger partial charge in [0.15, 0.2) is 0 Å². The molecule has 5 nitrogen and oxygen atoms in total. The van der Waals surface area contributed by atoms with Gasteiger partial charge in [-0.2, -0.15) is 10.2 Å². The Balaban J connectivity index is 1.66. The van der Waals surface area contributed by atoms with Crippen LogP contribution in [0.15, 0.2) is 42.0 Å². The number of hydrogen-bond acceptors (Lipinski definition) is 5. The molecular formula is C20H23N5. The summed E-state index contributed by atoms with van der Waals surface area (Å²) < 4.78 is 0. The highest BCUT2D eigenvalue weighted by molar-refractivity contribution is 5.63. The van der Waals surface area contributed by atoms with Gasteiger partial charge in [0.25, 0.3) is 0 Å².